The average Bonchev–Trinajstić information content (AvgIpc) is 3.15. The Hall–Kier alpha value is -1.36. The van der Waals surface area contributed by atoms with E-state index in [4.69, 9.17) is 0 Å². The van der Waals surface area contributed by atoms with Crippen molar-refractivity contribution < 1.29 is 13.2 Å². The molecule has 1 aliphatic carbocycles. The molecule has 20 heavy (non-hydrogen) atoms. The van der Waals surface area contributed by atoms with Crippen LogP contribution in [-0.2, 0) is 14.6 Å². The van der Waals surface area contributed by atoms with Crippen LogP contribution in [0.1, 0.15) is 23.5 Å². The minimum absolute atomic E-state index is 0.0145. The monoisotopic (exact) mass is 295 g/mol. The molecule has 0 unspecified atom stereocenters. The number of amides is 1. The summed E-state index contributed by atoms with van der Waals surface area (Å²) in [6.45, 7) is 2.33. The number of hydrogen-bond acceptors (Lipinski definition) is 3. The van der Waals surface area contributed by atoms with Crippen molar-refractivity contribution in [3.05, 3.63) is 35.4 Å². The summed E-state index contributed by atoms with van der Waals surface area (Å²) in [5, 5.41) is 0. The van der Waals surface area contributed by atoms with Gasteiger partial charge in [0.25, 0.3) is 0 Å². The Morgan fingerprint density at radius 2 is 2.00 bits per heavy atom. The Kier molecular flexibility index (Phi) is 4.18. The van der Waals surface area contributed by atoms with Crippen LogP contribution in [0.4, 0.5) is 0 Å². The zero-order valence-corrected chi connectivity index (χ0v) is 13.0. The van der Waals surface area contributed by atoms with Gasteiger partial charge in [0, 0.05) is 25.8 Å². The van der Waals surface area contributed by atoms with Crippen LogP contribution in [0.3, 0.4) is 0 Å². The molecule has 0 aliphatic heterocycles. The number of aryl methyl sites for hydroxylation is 1. The van der Waals surface area contributed by atoms with Crippen molar-refractivity contribution >= 4 is 15.7 Å². The molecule has 1 aromatic rings. The lowest BCUT2D eigenvalue weighted by molar-refractivity contribution is -0.131. The van der Waals surface area contributed by atoms with Crippen LogP contribution in [0.5, 0.6) is 0 Å². The molecular formula is C15H21NO3S. The molecule has 1 amide bonds. The summed E-state index contributed by atoms with van der Waals surface area (Å²) in [4.78, 5) is 13.8. The van der Waals surface area contributed by atoms with Crippen LogP contribution in [0.25, 0.3) is 0 Å². The lowest BCUT2D eigenvalue weighted by Crippen LogP contribution is -2.32. The van der Waals surface area contributed by atoms with Crippen molar-refractivity contribution in [3.63, 3.8) is 0 Å². The molecule has 1 aliphatic rings. The lowest BCUT2D eigenvalue weighted by atomic mass is 10.0. The molecule has 0 radical (unpaired) electrons. The fraction of sp³-hybridized carbons (Fsp3) is 0.533. The van der Waals surface area contributed by atoms with Gasteiger partial charge in [0.1, 0.15) is 9.84 Å². The number of nitrogens with zero attached hydrogens (tertiary/aromatic N) is 1. The van der Waals surface area contributed by atoms with E-state index in [2.05, 4.69) is 19.1 Å². The maximum absolute atomic E-state index is 12.2. The standard InChI is InChI=1S/C15H21NO3S/c1-11-6-4-5-7-12(11)13-10-14(13)15(17)16(2)8-9-20(3,18)19/h4-7,13-14H,8-10H2,1-3H3/t13-,14+/m0/s1. The maximum atomic E-state index is 12.2. The van der Waals surface area contributed by atoms with Gasteiger partial charge in [0.05, 0.1) is 5.75 Å². The Morgan fingerprint density at radius 3 is 2.60 bits per heavy atom. The fourth-order valence-corrected chi connectivity index (χ4v) is 3.12. The van der Waals surface area contributed by atoms with Gasteiger partial charge in [-0.2, -0.15) is 0 Å². The van der Waals surface area contributed by atoms with Gasteiger partial charge < -0.3 is 4.90 Å². The van der Waals surface area contributed by atoms with Gasteiger partial charge in [0.15, 0.2) is 0 Å². The predicted octanol–water partition coefficient (Wildman–Crippen LogP) is 1.60. The summed E-state index contributed by atoms with van der Waals surface area (Å²) < 4.78 is 22.3. The van der Waals surface area contributed by atoms with E-state index < -0.39 is 9.84 Å². The van der Waals surface area contributed by atoms with E-state index in [0.29, 0.717) is 5.92 Å². The zero-order chi connectivity index (χ0) is 14.9. The van der Waals surface area contributed by atoms with Gasteiger partial charge in [-0.25, -0.2) is 8.42 Å². The topological polar surface area (TPSA) is 54.5 Å². The Balaban J connectivity index is 1.95. The highest BCUT2D eigenvalue weighted by Crippen LogP contribution is 2.49. The highest BCUT2D eigenvalue weighted by molar-refractivity contribution is 7.90. The second-order valence-corrected chi connectivity index (χ2v) is 7.95. The SMILES string of the molecule is Cc1ccccc1[C@@H]1C[C@H]1C(=O)N(C)CCS(C)(=O)=O. The van der Waals surface area contributed by atoms with Gasteiger partial charge in [0.2, 0.25) is 5.91 Å². The molecule has 110 valence electrons. The normalized spacial score (nSPS) is 21.6. The Labute approximate surface area is 120 Å². The summed E-state index contributed by atoms with van der Waals surface area (Å²) in [6, 6.07) is 8.12. The molecular weight excluding hydrogens is 274 g/mol. The number of hydrogen-bond donors (Lipinski definition) is 0. The van der Waals surface area contributed by atoms with Crippen LogP contribution in [0, 0.1) is 12.8 Å². The number of rotatable bonds is 5. The third-order valence-electron chi connectivity index (χ3n) is 3.87. The van der Waals surface area contributed by atoms with Gasteiger partial charge in [-0.1, -0.05) is 24.3 Å². The van der Waals surface area contributed by atoms with Crippen LogP contribution in [0.2, 0.25) is 0 Å². The van der Waals surface area contributed by atoms with E-state index in [0.717, 1.165) is 6.42 Å². The van der Waals surface area contributed by atoms with E-state index in [1.807, 2.05) is 12.1 Å². The molecule has 2 atom stereocenters. The summed E-state index contributed by atoms with van der Waals surface area (Å²) >= 11 is 0. The minimum atomic E-state index is -3.02. The zero-order valence-electron chi connectivity index (χ0n) is 12.2. The number of sulfone groups is 1. The first-order valence-corrected chi connectivity index (χ1v) is 8.84. The lowest BCUT2D eigenvalue weighted by Gasteiger charge is -2.16. The molecule has 1 aromatic carbocycles. The molecule has 5 heteroatoms. The largest absolute Gasteiger partial charge is 0.344 e. The summed E-state index contributed by atoms with van der Waals surface area (Å²) in [6.07, 6.45) is 2.06. The third kappa shape index (κ3) is 3.60. The molecule has 1 fully saturated rings. The first kappa shape index (κ1) is 15.0. The van der Waals surface area contributed by atoms with Gasteiger partial charge in [-0.05, 0) is 30.4 Å². The van der Waals surface area contributed by atoms with E-state index in [1.54, 1.807) is 11.9 Å². The number of benzene rings is 1. The fourth-order valence-electron chi connectivity index (χ4n) is 2.51. The smallest absolute Gasteiger partial charge is 0.226 e. The predicted molar refractivity (Wildman–Crippen MR) is 79.4 cm³/mol. The molecule has 0 heterocycles. The van der Waals surface area contributed by atoms with Crippen molar-refractivity contribution in [2.45, 2.75) is 19.3 Å². The Bertz CT molecular complexity index is 609. The quantitative estimate of drug-likeness (QED) is 0.829. The second kappa shape index (κ2) is 5.56. The first-order chi connectivity index (χ1) is 9.29. The van der Waals surface area contributed by atoms with Crippen LogP contribution >= 0.6 is 0 Å². The van der Waals surface area contributed by atoms with Gasteiger partial charge in [-0.3, -0.25) is 4.79 Å². The van der Waals surface area contributed by atoms with Crippen LogP contribution in [0.15, 0.2) is 24.3 Å². The first-order valence-electron chi connectivity index (χ1n) is 6.78. The average molecular weight is 295 g/mol. The highest BCUT2D eigenvalue weighted by Gasteiger charge is 2.45. The third-order valence-corrected chi connectivity index (χ3v) is 4.79. The van der Waals surface area contributed by atoms with Crippen molar-refractivity contribution in [1.82, 2.24) is 4.90 Å². The molecule has 0 bridgehead atoms. The van der Waals surface area contributed by atoms with E-state index in [1.165, 1.54) is 17.4 Å². The van der Waals surface area contributed by atoms with Crippen molar-refractivity contribution in [3.8, 4) is 0 Å². The molecule has 0 saturated heterocycles. The highest BCUT2D eigenvalue weighted by atomic mass is 32.2. The second-order valence-electron chi connectivity index (χ2n) is 5.69. The van der Waals surface area contributed by atoms with E-state index >= 15 is 0 Å². The van der Waals surface area contributed by atoms with E-state index in [-0.39, 0.29) is 24.1 Å². The summed E-state index contributed by atoms with van der Waals surface area (Å²) in [5.74, 6) is 0.392. The number of carbonyl (C=O) groups is 1. The molecule has 4 nitrogen and oxygen atoms in total. The maximum Gasteiger partial charge on any atom is 0.226 e. The van der Waals surface area contributed by atoms with Crippen LogP contribution < -0.4 is 0 Å². The summed E-state index contributed by atoms with van der Waals surface area (Å²) in [7, 11) is -1.34. The minimum Gasteiger partial charge on any atom is -0.344 e. The number of carbonyl (C=O) groups excluding carboxylic acids is 1. The molecule has 0 spiro atoms. The van der Waals surface area contributed by atoms with Crippen molar-refractivity contribution in [2.24, 2.45) is 5.92 Å². The van der Waals surface area contributed by atoms with E-state index in [9.17, 15) is 13.2 Å². The van der Waals surface area contributed by atoms with Gasteiger partial charge in [-0.15, -0.1) is 0 Å². The molecule has 1 saturated carbocycles. The molecule has 0 N–H and O–H groups in total. The summed E-state index contributed by atoms with van der Waals surface area (Å²) in [5.41, 5.74) is 2.45. The van der Waals surface area contributed by atoms with Crippen molar-refractivity contribution in [1.29, 1.82) is 0 Å². The van der Waals surface area contributed by atoms with Crippen LogP contribution in [-0.4, -0.2) is 44.8 Å². The van der Waals surface area contributed by atoms with Gasteiger partial charge >= 0.3 is 0 Å². The molecule has 0 aromatic heterocycles. The molecule has 2 rings (SSSR count). The van der Waals surface area contributed by atoms with Crippen molar-refractivity contribution in [2.75, 3.05) is 25.6 Å². The Morgan fingerprint density at radius 1 is 1.35 bits per heavy atom.